The minimum atomic E-state index is -1.18. The molecule has 13 heteroatoms. The number of anilines is 1. The topological polar surface area (TPSA) is 174 Å². The Hall–Kier alpha value is -4.78. The first kappa shape index (κ1) is 27.3. The van der Waals surface area contributed by atoms with Crippen LogP contribution in [0.5, 0.6) is 5.75 Å². The van der Waals surface area contributed by atoms with Crippen LogP contribution in [0.3, 0.4) is 0 Å². The first-order chi connectivity index (χ1) is 18.7. The maximum atomic E-state index is 13.6. The Bertz CT molecular complexity index is 1560. The van der Waals surface area contributed by atoms with E-state index in [0.717, 1.165) is 26.6 Å². The van der Waals surface area contributed by atoms with Crippen molar-refractivity contribution in [3.63, 3.8) is 0 Å². The van der Waals surface area contributed by atoms with Crippen molar-refractivity contribution in [2.24, 2.45) is 0 Å². The summed E-state index contributed by atoms with van der Waals surface area (Å²) in [6, 6.07) is 11.1. The molecule has 5 rings (SSSR count). The lowest BCUT2D eigenvalue weighted by Crippen LogP contribution is -2.44. The molecule has 2 aromatic heterocycles. The van der Waals surface area contributed by atoms with Gasteiger partial charge in [0.05, 0.1) is 12.0 Å². The molecule has 2 amide bonds. The van der Waals surface area contributed by atoms with Crippen LogP contribution in [0, 0.1) is 10.1 Å². The third-order valence-electron chi connectivity index (χ3n) is 6.19. The number of amides is 2. The van der Waals surface area contributed by atoms with Gasteiger partial charge in [0.2, 0.25) is 17.1 Å². The van der Waals surface area contributed by atoms with Crippen LogP contribution in [0.25, 0.3) is 11.2 Å². The molecule has 0 spiro atoms. The fraction of sp³-hybridized carbons (Fsp3) is 0.308. The van der Waals surface area contributed by atoms with Crippen LogP contribution < -0.4 is 26.6 Å². The van der Waals surface area contributed by atoms with E-state index in [1.807, 2.05) is 30.3 Å². The monoisotopic (exact) mass is 538 g/mol. The minimum Gasteiger partial charge on any atom is -0.492 e. The van der Waals surface area contributed by atoms with Crippen LogP contribution in [0.2, 0.25) is 0 Å². The van der Waals surface area contributed by atoms with Gasteiger partial charge in [0.1, 0.15) is 5.56 Å². The number of carbonyl (C=O) groups is 2. The quantitative estimate of drug-likeness (QED) is 0.336. The number of nitrogens with one attached hydrogen (secondary N) is 2. The molecule has 39 heavy (non-hydrogen) atoms. The summed E-state index contributed by atoms with van der Waals surface area (Å²) in [6.07, 6.45) is 1.18. The number of nitro groups is 1. The van der Waals surface area contributed by atoms with Crippen molar-refractivity contribution in [2.45, 2.75) is 32.4 Å². The highest BCUT2D eigenvalue weighted by atomic mass is 16.6. The molecule has 1 aliphatic heterocycles. The highest BCUT2D eigenvalue weighted by Gasteiger charge is 2.35. The summed E-state index contributed by atoms with van der Waals surface area (Å²) in [7, 11) is 1.14. The van der Waals surface area contributed by atoms with Gasteiger partial charge in [-0.05, 0) is 18.4 Å². The number of carbonyl (C=O) groups excluding carboxylic acids is 2. The van der Waals surface area contributed by atoms with Crippen LogP contribution >= 0.6 is 0 Å². The van der Waals surface area contributed by atoms with Gasteiger partial charge in [0, 0.05) is 44.7 Å². The predicted molar refractivity (Wildman–Crippen MR) is 140 cm³/mol. The number of ether oxygens (including phenoxy) is 1. The van der Waals surface area contributed by atoms with Crippen LogP contribution in [-0.2, 0) is 11.3 Å². The third-order valence-corrected chi connectivity index (χ3v) is 6.19. The molecule has 0 atom stereocenters. The molecule has 4 aromatic rings. The number of nitro benzene ring substituents is 1. The van der Waals surface area contributed by atoms with E-state index in [1.54, 1.807) is 0 Å². The number of hydrogen-bond acceptors (Lipinski definition) is 10. The first-order valence-electron chi connectivity index (χ1n) is 12.1. The molecule has 1 saturated heterocycles. The number of nitrogens with zero attached hydrogens (tertiary/aromatic N) is 2. The van der Waals surface area contributed by atoms with E-state index in [2.05, 4.69) is 15.5 Å². The molecular formula is C26H26N4O9. The average molecular weight is 539 g/mol. The second-order valence-electron chi connectivity index (χ2n) is 8.91. The summed E-state index contributed by atoms with van der Waals surface area (Å²) >= 11 is 0. The van der Waals surface area contributed by atoms with E-state index >= 15 is 0 Å². The average Bonchev–Trinajstić information content (AvgIpc) is 2.89. The lowest BCUT2D eigenvalue weighted by atomic mass is 10.0. The zero-order chi connectivity index (χ0) is 28.1. The summed E-state index contributed by atoms with van der Waals surface area (Å²) in [4.78, 5) is 63.6. The number of hydrogen-bond donors (Lipinski definition) is 2. The van der Waals surface area contributed by atoms with Crippen molar-refractivity contribution >= 4 is 34.4 Å². The molecular weight excluding hydrogens is 512 g/mol. The number of fused-ring (bicyclic) bond motifs is 7. The largest absolute Gasteiger partial charge is 0.492 e. The summed E-state index contributed by atoms with van der Waals surface area (Å²) < 4.78 is 15.8. The third kappa shape index (κ3) is 6.21. The number of piperidine rings is 1. The van der Waals surface area contributed by atoms with Crippen molar-refractivity contribution in [1.29, 1.82) is 0 Å². The molecule has 13 nitrogen and oxygen atoms in total. The molecule has 0 saturated carbocycles. The molecule has 1 aliphatic rings. The standard InChI is InChI=1S/C26H26N4O9/c1-15(31)27-21-22(30(35)36)23-20(24(37-2)25(21)39-19(33)9-8-18(32)38-23)26(34)28-17-10-12-29(13-11-17)14-16-6-4-3-5-7-16/h3-9,17H,10-14H2,1-2H3,(H,27,31)(H,28,34). The lowest BCUT2D eigenvalue weighted by Gasteiger charge is -2.32. The SMILES string of the molecule is COc1c(C(=O)NC2CCN(Cc3ccccc3)CC2)c2oc(=O)ccc(=O)oc1c(NC(C)=O)c2[N+](=O)[O-]. The zero-order valence-corrected chi connectivity index (χ0v) is 21.2. The van der Waals surface area contributed by atoms with E-state index < -0.39 is 61.8 Å². The van der Waals surface area contributed by atoms with Gasteiger partial charge in [-0.1, -0.05) is 30.3 Å². The molecule has 204 valence electrons. The fourth-order valence-electron chi connectivity index (χ4n) is 4.47. The number of benzene rings is 2. The van der Waals surface area contributed by atoms with Gasteiger partial charge in [-0.2, -0.15) is 0 Å². The number of likely N-dealkylation sites (tertiary alicyclic amines) is 1. The van der Waals surface area contributed by atoms with Crippen molar-refractivity contribution in [1.82, 2.24) is 10.2 Å². The van der Waals surface area contributed by atoms with Gasteiger partial charge in [-0.15, -0.1) is 0 Å². The molecule has 3 heterocycles. The maximum Gasteiger partial charge on any atom is 0.339 e. The Labute approximate surface area is 221 Å². The predicted octanol–water partition coefficient (Wildman–Crippen LogP) is 2.58. The molecule has 1 fully saturated rings. The lowest BCUT2D eigenvalue weighted by molar-refractivity contribution is -0.382. The normalized spacial score (nSPS) is 14.0. The first-order valence-corrected chi connectivity index (χ1v) is 12.1. The van der Waals surface area contributed by atoms with Gasteiger partial charge < -0.3 is 24.2 Å². The Morgan fingerprint density at radius 2 is 1.67 bits per heavy atom. The Morgan fingerprint density at radius 1 is 1.05 bits per heavy atom. The van der Waals surface area contributed by atoms with Crippen LogP contribution in [0.4, 0.5) is 11.4 Å². The molecule has 2 bridgehead atoms. The molecule has 0 radical (unpaired) electrons. The summed E-state index contributed by atoms with van der Waals surface area (Å²) in [5.41, 5.74) is -4.50. The van der Waals surface area contributed by atoms with E-state index in [4.69, 9.17) is 13.6 Å². The summed E-state index contributed by atoms with van der Waals surface area (Å²) in [5.74, 6) is -2.01. The fourth-order valence-corrected chi connectivity index (χ4v) is 4.47. The highest BCUT2D eigenvalue weighted by Crippen LogP contribution is 2.43. The van der Waals surface area contributed by atoms with Crippen molar-refractivity contribution in [3.8, 4) is 5.75 Å². The maximum absolute atomic E-state index is 13.6. The molecule has 2 N–H and O–H groups in total. The smallest absolute Gasteiger partial charge is 0.339 e. The molecule has 0 unspecified atom stereocenters. The van der Waals surface area contributed by atoms with Gasteiger partial charge in [0.25, 0.3) is 5.91 Å². The van der Waals surface area contributed by atoms with E-state index in [1.165, 1.54) is 5.56 Å². The molecule has 2 aromatic carbocycles. The van der Waals surface area contributed by atoms with Gasteiger partial charge in [-0.25, -0.2) is 9.59 Å². The van der Waals surface area contributed by atoms with Crippen LogP contribution in [-0.4, -0.2) is 47.9 Å². The summed E-state index contributed by atoms with van der Waals surface area (Å²) in [6.45, 7) is 3.21. The number of rotatable bonds is 7. The van der Waals surface area contributed by atoms with Crippen molar-refractivity contribution in [3.05, 3.63) is 84.5 Å². The van der Waals surface area contributed by atoms with E-state index in [0.29, 0.717) is 32.0 Å². The second-order valence-corrected chi connectivity index (χ2v) is 8.91. The van der Waals surface area contributed by atoms with Gasteiger partial charge >= 0.3 is 16.9 Å². The Morgan fingerprint density at radius 3 is 2.23 bits per heavy atom. The van der Waals surface area contributed by atoms with Gasteiger partial charge in [0.15, 0.2) is 11.4 Å². The van der Waals surface area contributed by atoms with E-state index in [9.17, 15) is 29.3 Å². The Balaban J connectivity index is 1.76. The van der Waals surface area contributed by atoms with Gasteiger partial charge in [-0.3, -0.25) is 24.6 Å². The summed E-state index contributed by atoms with van der Waals surface area (Å²) in [5, 5.41) is 17.2. The zero-order valence-electron chi connectivity index (χ0n) is 21.2. The van der Waals surface area contributed by atoms with Crippen molar-refractivity contribution < 1.29 is 28.1 Å². The van der Waals surface area contributed by atoms with Crippen molar-refractivity contribution in [2.75, 3.05) is 25.5 Å². The van der Waals surface area contributed by atoms with Crippen LogP contribution in [0.1, 0.15) is 35.7 Å². The highest BCUT2D eigenvalue weighted by molar-refractivity contribution is 6.13. The minimum absolute atomic E-state index is 0.300. The van der Waals surface area contributed by atoms with E-state index in [-0.39, 0.29) is 6.04 Å². The number of methoxy groups -OCH3 is 1. The second kappa shape index (κ2) is 11.7. The van der Waals surface area contributed by atoms with Crippen LogP contribution in [0.15, 0.2) is 60.9 Å². The molecule has 0 aliphatic carbocycles. The Kier molecular flexibility index (Phi) is 8.20.